The second kappa shape index (κ2) is 7.19. The molecule has 1 aromatic carbocycles. The lowest BCUT2D eigenvalue weighted by atomic mass is 10.1. The van der Waals surface area contributed by atoms with Gasteiger partial charge in [-0.1, -0.05) is 12.1 Å². The quantitative estimate of drug-likeness (QED) is 0.674. The molecule has 0 spiro atoms. The Bertz CT molecular complexity index is 627. The zero-order valence-electron chi connectivity index (χ0n) is 11.6. The molecule has 0 aromatic heterocycles. The van der Waals surface area contributed by atoms with Crippen molar-refractivity contribution in [1.82, 2.24) is 5.32 Å². The molecule has 0 radical (unpaired) electrons. The summed E-state index contributed by atoms with van der Waals surface area (Å²) >= 11 is 0. The number of carboxylic acid groups (broad SMARTS) is 1. The first-order valence-corrected chi connectivity index (χ1v) is 8.01. The van der Waals surface area contributed by atoms with Crippen LogP contribution in [0.5, 0.6) is 0 Å². The lowest BCUT2D eigenvalue weighted by Gasteiger charge is -2.13. The van der Waals surface area contributed by atoms with Crippen LogP contribution in [0, 0.1) is 0 Å². The minimum atomic E-state index is -3.66. The summed E-state index contributed by atoms with van der Waals surface area (Å²) in [7, 11) is -3.66. The van der Waals surface area contributed by atoms with Gasteiger partial charge >= 0.3 is 5.97 Å². The van der Waals surface area contributed by atoms with Gasteiger partial charge in [0.25, 0.3) is 5.91 Å². The monoisotopic (exact) mass is 314 g/mol. The number of hydrogen-bond donors (Lipinski definition) is 3. The number of rotatable bonds is 7. The maximum absolute atomic E-state index is 12.0. The molecule has 0 saturated carbocycles. The van der Waals surface area contributed by atoms with E-state index in [0.29, 0.717) is 17.5 Å². The van der Waals surface area contributed by atoms with Crippen LogP contribution in [0.3, 0.4) is 0 Å². The van der Waals surface area contributed by atoms with Crippen LogP contribution in [0.2, 0.25) is 0 Å². The number of benzene rings is 1. The molecule has 1 unspecified atom stereocenters. The van der Waals surface area contributed by atoms with Crippen LogP contribution in [0.25, 0.3) is 0 Å². The molecule has 0 aliphatic carbocycles. The van der Waals surface area contributed by atoms with Crippen molar-refractivity contribution in [3.8, 4) is 0 Å². The molecule has 0 fully saturated rings. The van der Waals surface area contributed by atoms with Crippen molar-refractivity contribution >= 4 is 21.9 Å². The summed E-state index contributed by atoms with van der Waals surface area (Å²) in [5, 5.41) is 16.2. The van der Waals surface area contributed by atoms with Gasteiger partial charge in [0.05, 0.1) is 5.75 Å². The van der Waals surface area contributed by atoms with Crippen LogP contribution in [0.1, 0.15) is 35.7 Å². The molecule has 0 saturated heterocycles. The maximum Gasteiger partial charge on any atom is 0.303 e. The number of nitrogens with one attached hydrogen (secondary N) is 1. The minimum Gasteiger partial charge on any atom is -0.481 e. The van der Waals surface area contributed by atoms with Gasteiger partial charge < -0.3 is 10.4 Å². The van der Waals surface area contributed by atoms with Gasteiger partial charge in [-0.2, -0.15) is 0 Å². The Kier molecular flexibility index (Phi) is 5.86. The highest BCUT2D eigenvalue weighted by molar-refractivity contribution is 7.88. The molecular weight excluding hydrogens is 296 g/mol. The second-order valence-electron chi connectivity index (χ2n) is 4.81. The Balaban J connectivity index is 2.70. The van der Waals surface area contributed by atoms with Crippen molar-refractivity contribution in [2.24, 2.45) is 5.14 Å². The molecule has 0 aliphatic rings. The predicted octanol–water partition coefficient (Wildman–Crippen LogP) is 0.458. The number of aliphatic carboxylic acids is 1. The second-order valence-corrected chi connectivity index (χ2v) is 6.43. The van der Waals surface area contributed by atoms with Crippen molar-refractivity contribution in [3.63, 3.8) is 0 Å². The van der Waals surface area contributed by atoms with Crippen LogP contribution in [0.4, 0.5) is 0 Å². The average molecular weight is 314 g/mol. The fourth-order valence-electron chi connectivity index (χ4n) is 1.75. The predicted molar refractivity (Wildman–Crippen MR) is 77.1 cm³/mol. The van der Waals surface area contributed by atoms with E-state index in [1.165, 1.54) is 6.07 Å². The highest BCUT2D eigenvalue weighted by atomic mass is 32.2. The summed E-state index contributed by atoms with van der Waals surface area (Å²) in [6.07, 6.45) is 0.283. The fraction of sp³-hybridized carbons (Fsp3) is 0.385. The lowest BCUT2D eigenvalue weighted by Crippen LogP contribution is -2.33. The highest BCUT2D eigenvalue weighted by Gasteiger charge is 2.12. The normalized spacial score (nSPS) is 12.7. The first-order valence-electron chi connectivity index (χ1n) is 6.29. The fourth-order valence-corrected chi connectivity index (χ4v) is 2.40. The molecule has 8 heteroatoms. The summed E-state index contributed by atoms with van der Waals surface area (Å²) in [4.78, 5) is 22.4. The van der Waals surface area contributed by atoms with Gasteiger partial charge in [0.1, 0.15) is 0 Å². The molecule has 0 bridgehead atoms. The third kappa shape index (κ3) is 6.87. The molecule has 1 rings (SSSR count). The van der Waals surface area contributed by atoms with Crippen LogP contribution in [-0.2, 0) is 20.6 Å². The molecule has 1 atom stereocenters. The zero-order chi connectivity index (χ0) is 16.0. The number of hydrogen-bond acceptors (Lipinski definition) is 4. The maximum atomic E-state index is 12.0. The number of carbonyl (C=O) groups excluding carboxylic acids is 1. The van der Waals surface area contributed by atoms with Crippen molar-refractivity contribution in [1.29, 1.82) is 0 Å². The number of nitrogens with two attached hydrogens (primary N) is 1. The summed E-state index contributed by atoms with van der Waals surface area (Å²) < 4.78 is 22.1. The van der Waals surface area contributed by atoms with Gasteiger partial charge in [0.15, 0.2) is 0 Å². The molecular formula is C13H18N2O5S. The molecule has 0 heterocycles. The molecule has 21 heavy (non-hydrogen) atoms. The molecule has 4 N–H and O–H groups in total. The number of amides is 1. The van der Waals surface area contributed by atoms with Crippen molar-refractivity contribution in [2.45, 2.75) is 31.6 Å². The number of primary sulfonamides is 1. The zero-order valence-corrected chi connectivity index (χ0v) is 12.4. The van der Waals surface area contributed by atoms with Crippen LogP contribution < -0.4 is 10.5 Å². The Morgan fingerprint density at radius 3 is 2.62 bits per heavy atom. The first-order chi connectivity index (χ1) is 9.67. The van der Waals surface area contributed by atoms with Gasteiger partial charge in [-0.05, 0) is 31.0 Å². The SMILES string of the molecule is CC(CCC(=O)O)NC(=O)c1cccc(CS(N)(=O)=O)c1. The largest absolute Gasteiger partial charge is 0.481 e. The van der Waals surface area contributed by atoms with E-state index in [-0.39, 0.29) is 24.1 Å². The van der Waals surface area contributed by atoms with Crippen molar-refractivity contribution < 1.29 is 23.1 Å². The van der Waals surface area contributed by atoms with Crippen molar-refractivity contribution in [2.75, 3.05) is 0 Å². The standard InChI is InChI=1S/C13H18N2O5S/c1-9(5-6-12(16)17)15-13(18)11-4-2-3-10(7-11)8-21(14,19)20/h2-4,7,9H,5-6,8H2,1H3,(H,15,18)(H,16,17)(H2,14,19,20). The van der Waals surface area contributed by atoms with E-state index in [0.717, 1.165) is 0 Å². The Labute approximate surface area is 123 Å². The number of sulfonamides is 1. The van der Waals surface area contributed by atoms with Gasteiger partial charge in [0, 0.05) is 18.0 Å². The van der Waals surface area contributed by atoms with E-state index in [4.69, 9.17) is 10.2 Å². The Morgan fingerprint density at radius 2 is 2.05 bits per heavy atom. The third-order valence-corrected chi connectivity index (χ3v) is 3.46. The van der Waals surface area contributed by atoms with E-state index < -0.39 is 16.0 Å². The van der Waals surface area contributed by atoms with E-state index >= 15 is 0 Å². The van der Waals surface area contributed by atoms with Gasteiger partial charge in [-0.3, -0.25) is 9.59 Å². The van der Waals surface area contributed by atoms with Gasteiger partial charge in [-0.25, -0.2) is 13.6 Å². The van der Waals surface area contributed by atoms with E-state index in [2.05, 4.69) is 5.32 Å². The smallest absolute Gasteiger partial charge is 0.303 e. The first kappa shape index (κ1) is 17.1. The highest BCUT2D eigenvalue weighted by Crippen LogP contribution is 2.09. The molecule has 1 aromatic rings. The van der Waals surface area contributed by atoms with E-state index in [1.54, 1.807) is 25.1 Å². The molecule has 0 aliphatic heterocycles. The van der Waals surface area contributed by atoms with Crippen LogP contribution in [-0.4, -0.2) is 31.4 Å². The topological polar surface area (TPSA) is 127 Å². The summed E-state index contributed by atoms with van der Waals surface area (Å²) in [5.74, 6) is -1.65. The Morgan fingerprint density at radius 1 is 1.38 bits per heavy atom. The summed E-state index contributed by atoms with van der Waals surface area (Å²) in [6, 6.07) is 5.83. The molecule has 7 nitrogen and oxygen atoms in total. The summed E-state index contributed by atoms with van der Waals surface area (Å²) in [5.41, 5.74) is 0.724. The van der Waals surface area contributed by atoms with Gasteiger partial charge in [-0.15, -0.1) is 0 Å². The average Bonchev–Trinajstić information content (AvgIpc) is 2.34. The summed E-state index contributed by atoms with van der Waals surface area (Å²) in [6.45, 7) is 1.70. The van der Waals surface area contributed by atoms with E-state index in [9.17, 15) is 18.0 Å². The molecule has 116 valence electrons. The van der Waals surface area contributed by atoms with Gasteiger partial charge in [0.2, 0.25) is 10.0 Å². The number of carboxylic acids is 1. The van der Waals surface area contributed by atoms with Crippen molar-refractivity contribution in [3.05, 3.63) is 35.4 Å². The lowest BCUT2D eigenvalue weighted by molar-refractivity contribution is -0.137. The third-order valence-electron chi connectivity index (χ3n) is 2.73. The van der Waals surface area contributed by atoms with E-state index in [1.807, 2.05) is 0 Å². The number of carbonyl (C=O) groups is 2. The molecule has 1 amide bonds. The van der Waals surface area contributed by atoms with Crippen LogP contribution in [0.15, 0.2) is 24.3 Å². The van der Waals surface area contributed by atoms with Crippen LogP contribution >= 0.6 is 0 Å². The Hall–Kier alpha value is -1.93. The minimum absolute atomic E-state index is 0.0348.